The van der Waals surface area contributed by atoms with Gasteiger partial charge in [-0.2, -0.15) is 0 Å². The Morgan fingerprint density at radius 3 is 2.48 bits per heavy atom. The van der Waals surface area contributed by atoms with Gasteiger partial charge in [-0.15, -0.1) is 0 Å². The number of aliphatic hydroxyl groups excluding tert-OH is 2. The summed E-state index contributed by atoms with van der Waals surface area (Å²) in [6.45, 7) is 9.29. The van der Waals surface area contributed by atoms with Crippen LogP contribution in [0.1, 0.15) is 34.1 Å². The first-order valence-corrected chi connectivity index (χ1v) is 10.2. The molecule has 0 aromatic carbocycles. The number of rotatable bonds is 0. The maximum atomic E-state index is 12.0. The highest BCUT2D eigenvalue weighted by Gasteiger charge is 2.98. The van der Waals surface area contributed by atoms with Gasteiger partial charge in [-0.3, -0.25) is 0 Å². The highest BCUT2D eigenvalue weighted by Crippen LogP contribution is 2.84. The zero-order valence-electron chi connectivity index (χ0n) is 16.3. The van der Waals surface area contributed by atoms with Crippen LogP contribution in [0.4, 0.5) is 0 Å². The van der Waals surface area contributed by atoms with Gasteiger partial charge in [0.2, 0.25) is 0 Å². The van der Waals surface area contributed by atoms with E-state index in [9.17, 15) is 15.3 Å². The second-order valence-corrected chi connectivity index (χ2v) is 10.8. The Kier molecular flexibility index (Phi) is 2.97. The molecule has 6 aliphatic rings. The van der Waals surface area contributed by atoms with Crippen LogP contribution in [0.5, 0.6) is 0 Å². The van der Waals surface area contributed by atoms with Gasteiger partial charge in [-0.1, -0.05) is 27.7 Å². The highest BCUT2D eigenvalue weighted by atomic mass is 16.7. The zero-order chi connectivity index (χ0) is 19.2. The predicted molar refractivity (Wildman–Crippen MR) is 91.6 cm³/mol. The first-order chi connectivity index (χ1) is 12.6. The van der Waals surface area contributed by atoms with Gasteiger partial charge in [0, 0.05) is 17.3 Å². The fraction of sp³-hybridized carbons (Fsp3) is 1.00. The van der Waals surface area contributed by atoms with E-state index in [1.807, 2.05) is 6.92 Å². The molecule has 0 amide bonds. The summed E-state index contributed by atoms with van der Waals surface area (Å²) in [5.41, 5.74) is -4.30. The van der Waals surface area contributed by atoms with E-state index in [-0.39, 0.29) is 23.9 Å². The van der Waals surface area contributed by atoms with E-state index in [2.05, 4.69) is 20.8 Å². The van der Waals surface area contributed by atoms with Crippen molar-refractivity contribution in [2.24, 2.45) is 28.1 Å². The average molecular weight is 382 g/mol. The minimum absolute atomic E-state index is 0.144. The molecule has 0 aromatic rings. The van der Waals surface area contributed by atoms with Crippen molar-refractivity contribution in [3.63, 3.8) is 0 Å². The van der Waals surface area contributed by atoms with Crippen LogP contribution in [0, 0.1) is 28.1 Å². The summed E-state index contributed by atoms with van der Waals surface area (Å²) in [5, 5.41) is 35.1. The molecule has 7 nitrogen and oxygen atoms in total. The second-order valence-electron chi connectivity index (χ2n) is 10.8. The molecular formula is C20H30O7. The van der Waals surface area contributed by atoms with Gasteiger partial charge in [-0.25, -0.2) is 0 Å². The second kappa shape index (κ2) is 4.56. The van der Waals surface area contributed by atoms with E-state index in [1.165, 1.54) is 0 Å². The van der Waals surface area contributed by atoms with Gasteiger partial charge in [0.05, 0.1) is 43.5 Å². The minimum Gasteiger partial charge on any atom is -0.390 e. The van der Waals surface area contributed by atoms with Crippen LogP contribution in [0.25, 0.3) is 0 Å². The van der Waals surface area contributed by atoms with Gasteiger partial charge in [-0.05, 0) is 11.8 Å². The normalized spacial score (nSPS) is 66.1. The van der Waals surface area contributed by atoms with E-state index in [0.717, 1.165) is 0 Å². The SMILES string of the molecule is C[C@@H]1COC2[C@H](O)C34C5OCC3(O[C@@H]3OCCC34[C@H](C(C)(C)C)[C@H]5O)[C@]21O. The maximum Gasteiger partial charge on any atom is 0.165 e. The third-order valence-corrected chi connectivity index (χ3v) is 9.12. The lowest BCUT2D eigenvalue weighted by molar-refractivity contribution is -0.245. The molecule has 4 heterocycles. The molecule has 5 unspecified atom stereocenters. The molecule has 2 spiro atoms. The molecule has 2 saturated carbocycles. The zero-order valence-corrected chi connectivity index (χ0v) is 16.3. The molecular weight excluding hydrogens is 352 g/mol. The predicted octanol–water partition coefficient (Wildman–Crippen LogP) is 0.0507. The Balaban J connectivity index is 1.67. The summed E-state index contributed by atoms with van der Waals surface area (Å²) in [7, 11) is 0. The fourth-order valence-electron chi connectivity index (χ4n) is 8.68. The molecule has 4 aliphatic heterocycles. The van der Waals surface area contributed by atoms with Crippen LogP contribution in [0.2, 0.25) is 0 Å². The van der Waals surface area contributed by atoms with Gasteiger partial charge in [0.15, 0.2) is 6.29 Å². The summed E-state index contributed by atoms with van der Waals surface area (Å²) >= 11 is 0. The number of ether oxygens (including phenoxy) is 4. The standard InChI is InChI=1S/C20H30O7/c1-9-7-25-14-12(22)19-13-10(21)11(16(2,3)4)17(19)5-6-24-15(17)27-18(19,8-26-13)20(9,14)23/h9-15,21-23H,5-8H2,1-4H3/t9-,10-,11+,12+,13?,14?,15+,17?,18?,19?,20-/m1/s1. The van der Waals surface area contributed by atoms with Crippen molar-refractivity contribution >= 4 is 0 Å². The van der Waals surface area contributed by atoms with Crippen LogP contribution < -0.4 is 0 Å². The molecule has 2 aliphatic carbocycles. The lowest BCUT2D eigenvalue weighted by atomic mass is 9.52. The molecule has 152 valence electrons. The van der Waals surface area contributed by atoms with E-state index in [1.54, 1.807) is 0 Å². The van der Waals surface area contributed by atoms with Gasteiger partial charge < -0.3 is 34.3 Å². The number of fused-ring (bicyclic) bond motifs is 1. The summed E-state index contributed by atoms with van der Waals surface area (Å²) in [5.74, 6) is -0.391. The minimum atomic E-state index is -1.37. The molecule has 7 heteroatoms. The Hall–Kier alpha value is -0.280. The van der Waals surface area contributed by atoms with Crippen molar-refractivity contribution in [1.29, 1.82) is 0 Å². The van der Waals surface area contributed by atoms with Crippen molar-refractivity contribution < 1.29 is 34.3 Å². The van der Waals surface area contributed by atoms with Crippen molar-refractivity contribution in [2.45, 2.75) is 76.0 Å². The monoisotopic (exact) mass is 382 g/mol. The molecule has 4 saturated heterocycles. The highest BCUT2D eigenvalue weighted by molar-refractivity contribution is 5.43. The average Bonchev–Trinajstić information content (AvgIpc) is 3.30. The Labute approximate surface area is 158 Å². The number of aliphatic hydroxyl groups is 3. The first kappa shape index (κ1) is 17.6. The van der Waals surface area contributed by atoms with E-state index in [0.29, 0.717) is 19.6 Å². The van der Waals surface area contributed by atoms with Crippen molar-refractivity contribution in [2.75, 3.05) is 19.8 Å². The molecule has 11 atom stereocenters. The third-order valence-electron chi connectivity index (χ3n) is 9.12. The van der Waals surface area contributed by atoms with Gasteiger partial charge in [0.1, 0.15) is 17.3 Å². The van der Waals surface area contributed by atoms with Crippen LogP contribution >= 0.6 is 0 Å². The quantitative estimate of drug-likeness (QED) is 0.545. The van der Waals surface area contributed by atoms with E-state index < -0.39 is 52.7 Å². The number of hydrogen-bond acceptors (Lipinski definition) is 7. The lowest BCUT2D eigenvalue weighted by Gasteiger charge is -2.48. The molecule has 27 heavy (non-hydrogen) atoms. The van der Waals surface area contributed by atoms with Crippen LogP contribution in [-0.4, -0.2) is 77.0 Å². The summed E-state index contributed by atoms with van der Waals surface area (Å²) in [6, 6.07) is 0. The Morgan fingerprint density at radius 1 is 1.04 bits per heavy atom. The topological polar surface area (TPSA) is 97.6 Å². The van der Waals surface area contributed by atoms with E-state index >= 15 is 0 Å². The van der Waals surface area contributed by atoms with Crippen molar-refractivity contribution in [3.8, 4) is 0 Å². The summed E-state index contributed by atoms with van der Waals surface area (Å²) < 4.78 is 24.8. The number of hydrogen-bond donors (Lipinski definition) is 3. The Bertz CT molecular complexity index is 707. The van der Waals surface area contributed by atoms with E-state index in [4.69, 9.17) is 18.9 Å². The lowest BCUT2D eigenvalue weighted by Crippen LogP contribution is -2.63. The summed E-state index contributed by atoms with van der Waals surface area (Å²) in [4.78, 5) is 0. The van der Waals surface area contributed by atoms with Crippen LogP contribution in [0.15, 0.2) is 0 Å². The van der Waals surface area contributed by atoms with Crippen LogP contribution in [0.3, 0.4) is 0 Å². The van der Waals surface area contributed by atoms with Gasteiger partial charge >= 0.3 is 0 Å². The maximum absolute atomic E-state index is 12.0. The molecule has 0 aromatic heterocycles. The molecule has 0 radical (unpaired) electrons. The van der Waals surface area contributed by atoms with Crippen LogP contribution in [-0.2, 0) is 18.9 Å². The molecule has 0 bridgehead atoms. The largest absolute Gasteiger partial charge is 0.390 e. The molecule has 6 fully saturated rings. The summed E-state index contributed by atoms with van der Waals surface area (Å²) in [6.07, 6.45) is -2.96. The first-order valence-electron chi connectivity index (χ1n) is 10.2. The molecule has 3 N–H and O–H groups in total. The van der Waals surface area contributed by atoms with Gasteiger partial charge in [0.25, 0.3) is 0 Å². The van der Waals surface area contributed by atoms with Crippen molar-refractivity contribution in [3.05, 3.63) is 0 Å². The Morgan fingerprint density at radius 2 is 1.78 bits per heavy atom. The smallest absolute Gasteiger partial charge is 0.165 e. The fourth-order valence-corrected chi connectivity index (χ4v) is 8.68. The van der Waals surface area contributed by atoms with Crippen molar-refractivity contribution in [1.82, 2.24) is 0 Å². The third kappa shape index (κ3) is 1.35. The molecule has 6 rings (SSSR count).